The minimum absolute atomic E-state index is 0.0153. The summed E-state index contributed by atoms with van der Waals surface area (Å²) in [6.07, 6.45) is -0.195. The zero-order valence-corrected chi connectivity index (χ0v) is 14.5. The normalized spacial score (nSPS) is 11.2. The maximum atomic E-state index is 12.3. The first-order valence-electron chi connectivity index (χ1n) is 7.44. The van der Waals surface area contributed by atoms with Crippen molar-refractivity contribution < 1.29 is 33.7 Å². The van der Waals surface area contributed by atoms with Crippen molar-refractivity contribution in [3.05, 3.63) is 17.7 Å². The van der Waals surface area contributed by atoms with Crippen molar-refractivity contribution in [2.75, 3.05) is 27.9 Å². The zero-order chi connectivity index (χ0) is 19.0. The second-order valence-electron chi connectivity index (χ2n) is 5.04. The molecule has 0 unspecified atom stereocenters. The van der Waals surface area contributed by atoms with E-state index in [0.29, 0.717) is 17.2 Å². The van der Waals surface area contributed by atoms with E-state index in [1.54, 1.807) is 0 Å². The van der Waals surface area contributed by atoms with Gasteiger partial charge in [-0.05, 0) is 19.1 Å². The van der Waals surface area contributed by atoms with Crippen molar-refractivity contribution in [2.45, 2.75) is 19.4 Å². The minimum Gasteiger partial charge on any atom is -0.493 e. The molecule has 25 heavy (non-hydrogen) atoms. The second kappa shape index (κ2) is 9.36. The summed E-state index contributed by atoms with van der Waals surface area (Å²) in [4.78, 5) is 34.6. The first-order chi connectivity index (χ1) is 11.8. The van der Waals surface area contributed by atoms with Crippen LogP contribution in [0.3, 0.4) is 0 Å². The Hall–Kier alpha value is -2.97. The molecule has 1 aromatic carbocycles. The fourth-order valence-corrected chi connectivity index (χ4v) is 2.00. The highest BCUT2D eigenvalue weighted by Crippen LogP contribution is 2.38. The molecule has 1 rings (SSSR count). The fourth-order valence-electron chi connectivity index (χ4n) is 2.00. The van der Waals surface area contributed by atoms with Crippen LogP contribution in [0.2, 0.25) is 0 Å². The van der Waals surface area contributed by atoms with Crippen LogP contribution in [0.1, 0.15) is 23.7 Å². The van der Waals surface area contributed by atoms with E-state index in [4.69, 9.17) is 19.3 Å². The maximum Gasteiger partial charge on any atom is 0.305 e. The Bertz CT molecular complexity index is 620. The lowest BCUT2D eigenvalue weighted by Gasteiger charge is -2.16. The number of carbonyl (C=O) groups excluding carboxylic acids is 2. The van der Waals surface area contributed by atoms with Gasteiger partial charge in [0.1, 0.15) is 6.04 Å². The number of benzene rings is 1. The minimum atomic E-state index is -1.02. The molecule has 9 heteroatoms. The van der Waals surface area contributed by atoms with Gasteiger partial charge in [0.25, 0.3) is 5.91 Å². The van der Waals surface area contributed by atoms with Gasteiger partial charge in [-0.2, -0.15) is 0 Å². The van der Waals surface area contributed by atoms with Crippen LogP contribution in [-0.2, 0) is 9.59 Å². The SMILES string of the molecule is COc1cc(C(=O)N[C@H](C)C(=O)NCCC(=O)O)cc(OC)c1OC. The molecule has 0 bridgehead atoms. The predicted molar refractivity (Wildman–Crippen MR) is 88.3 cm³/mol. The lowest BCUT2D eigenvalue weighted by atomic mass is 10.1. The van der Waals surface area contributed by atoms with Gasteiger partial charge in [-0.3, -0.25) is 14.4 Å². The lowest BCUT2D eigenvalue weighted by molar-refractivity contribution is -0.137. The number of carboxylic acid groups (broad SMARTS) is 1. The van der Waals surface area contributed by atoms with E-state index in [0.717, 1.165) is 0 Å². The Balaban J connectivity index is 2.82. The van der Waals surface area contributed by atoms with Crippen LogP contribution in [0, 0.1) is 0 Å². The van der Waals surface area contributed by atoms with Crippen molar-refractivity contribution in [1.82, 2.24) is 10.6 Å². The van der Waals surface area contributed by atoms with Gasteiger partial charge in [-0.1, -0.05) is 0 Å². The largest absolute Gasteiger partial charge is 0.493 e. The quantitative estimate of drug-likeness (QED) is 0.587. The third-order valence-electron chi connectivity index (χ3n) is 3.31. The van der Waals surface area contributed by atoms with E-state index >= 15 is 0 Å². The Morgan fingerprint density at radius 1 is 1.08 bits per heavy atom. The van der Waals surface area contributed by atoms with E-state index < -0.39 is 23.8 Å². The van der Waals surface area contributed by atoms with Crippen LogP contribution < -0.4 is 24.8 Å². The first-order valence-corrected chi connectivity index (χ1v) is 7.44. The van der Waals surface area contributed by atoms with E-state index in [1.807, 2.05) is 0 Å². The highest BCUT2D eigenvalue weighted by atomic mass is 16.5. The zero-order valence-electron chi connectivity index (χ0n) is 14.5. The van der Waals surface area contributed by atoms with Gasteiger partial charge in [0.15, 0.2) is 11.5 Å². The number of ether oxygens (including phenoxy) is 3. The molecule has 0 saturated carbocycles. The van der Waals surface area contributed by atoms with Gasteiger partial charge < -0.3 is 30.0 Å². The van der Waals surface area contributed by atoms with Crippen molar-refractivity contribution in [1.29, 1.82) is 0 Å². The number of hydrogen-bond donors (Lipinski definition) is 3. The molecule has 0 aliphatic rings. The monoisotopic (exact) mass is 354 g/mol. The van der Waals surface area contributed by atoms with E-state index in [9.17, 15) is 14.4 Å². The van der Waals surface area contributed by atoms with E-state index in [-0.39, 0.29) is 18.5 Å². The molecule has 0 aromatic heterocycles. The molecular formula is C16H22N2O7. The molecule has 3 N–H and O–H groups in total. The summed E-state index contributed by atoms with van der Waals surface area (Å²) in [5, 5.41) is 13.5. The number of carboxylic acids is 1. The van der Waals surface area contributed by atoms with Crippen LogP contribution in [0.25, 0.3) is 0 Å². The van der Waals surface area contributed by atoms with Gasteiger partial charge in [0.2, 0.25) is 11.7 Å². The predicted octanol–water partition coefficient (Wildman–Crippen LogP) is 0.422. The lowest BCUT2D eigenvalue weighted by Crippen LogP contribution is -2.45. The van der Waals surface area contributed by atoms with Crippen LogP contribution in [0.15, 0.2) is 12.1 Å². The summed E-state index contributed by atoms with van der Waals surface area (Å²) < 4.78 is 15.5. The molecule has 0 aliphatic carbocycles. The van der Waals surface area contributed by atoms with Gasteiger partial charge in [-0.15, -0.1) is 0 Å². The van der Waals surface area contributed by atoms with Crippen molar-refractivity contribution in [3.63, 3.8) is 0 Å². The van der Waals surface area contributed by atoms with Gasteiger partial charge in [-0.25, -0.2) is 0 Å². The Morgan fingerprint density at radius 2 is 1.64 bits per heavy atom. The average Bonchev–Trinajstić information content (AvgIpc) is 2.59. The molecular weight excluding hydrogens is 332 g/mol. The molecule has 0 saturated heterocycles. The standard InChI is InChI=1S/C16H22N2O7/c1-9(15(21)17-6-5-13(19)20)18-16(22)10-7-11(23-2)14(25-4)12(8-10)24-3/h7-9H,5-6H2,1-4H3,(H,17,21)(H,18,22)(H,19,20)/t9-/m1/s1. The van der Waals surface area contributed by atoms with Crippen molar-refractivity contribution in [3.8, 4) is 17.2 Å². The number of aliphatic carboxylic acids is 1. The molecule has 0 fully saturated rings. The molecule has 1 aromatic rings. The Labute approximate surface area is 145 Å². The number of nitrogens with one attached hydrogen (secondary N) is 2. The third-order valence-corrected chi connectivity index (χ3v) is 3.31. The van der Waals surface area contributed by atoms with Crippen LogP contribution in [0.5, 0.6) is 17.2 Å². The highest BCUT2D eigenvalue weighted by molar-refractivity contribution is 5.98. The molecule has 0 spiro atoms. The number of amides is 2. The van der Waals surface area contributed by atoms with Crippen LogP contribution in [-0.4, -0.2) is 56.8 Å². The number of rotatable bonds is 9. The van der Waals surface area contributed by atoms with Gasteiger partial charge in [0, 0.05) is 12.1 Å². The van der Waals surface area contributed by atoms with Gasteiger partial charge >= 0.3 is 5.97 Å². The molecule has 1 atom stereocenters. The molecule has 0 aliphatic heterocycles. The van der Waals surface area contributed by atoms with Crippen LogP contribution in [0.4, 0.5) is 0 Å². The molecule has 9 nitrogen and oxygen atoms in total. The van der Waals surface area contributed by atoms with E-state index in [2.05, 4.69) is 10.6 Å². The number of hydrogen-bond acceptors (Lipinski definition) is 6. The molecule has 0 heterocycles. The summed E-state index contributed by atoms with van der Waals surface area (Å²) >= 11 is 0. The van der Waals surface area contributed by atoms with Gasteiger partial charge in [0.05, 0.1) is 27.8 Å². The van der Waals surface area contributed by atoms with Crippen molar-refractivity contribution in [2.24, 2.45) is 0 Å². The number of carbonyl (C=O) groups is 3. The summed E-state index contributed by atoms with van der Waals surface area (Å²) in [5.41, 5.74) is 0.222. The fraction of sp³-hybridized carbons (Fsp3) is 0.438. The third kappa shape index (κ3) is 5.55. The van der Waals surface area contributed by atoms with E-state index in [1.165, 1.54) is 40.4 Å². The van der Waals surface area contributed by atoms with Crippen molar-refractivity contribution >= 4 is 17.8 Å². The first kappa shape index (κ1) is 20.1. The summed E-state index contributed by atoms with van der Waals surface area (Å²) in [7, 11) is 4.30. The smallest absolute Gasteiger partial charge is 0.305 e. The maximum absolute atomic E-state index is 12.3. The van der Waals surface area contributed by atoms with Crippen LogP contribution >= 0.6 is 0 Å². The Kier molecular flexibility index (Phi) is 7.51. The topological polar surface area (TPSA) is 123 Å². The molecule has 2 amide bonds. The Morgan fingerprint density at radius 3 is 2.08 bits per heavy atom. The summed E-state index contributed by atoms with van der Waals surface area (Å²) in [6.45, 7) is 1.48. The molecule has 0 radical (unpaired) electrons. The summed E-state index contributed by atoms with van der Waals surface area (Å²) in [6, 6.07) is 2.08. The average molecular weight is 354 g/mol. The molecule has 138 valence electrons. The second-order valence-corrected chi connectivity index (χ2v) is 5.04. The summed E-state index contributed by atoms with van der Waals surface area (Å²) in [5.74, 6) is -1.05. The highest BCUT2D eigenvalue weighted by Gasteiger charge is 2.20. The number of methoxy groups -OCH3 is 3.